The molecular weight excluding hydrogens is 166 g/mol. The van der Waals surface area contributed by atoms with Gasteiger partial charge in [0, 0.05) is 16.2 Å². The van der Waals surface area contributed by atoms with Crippen LogP contribution >= 0.6 is 11.8 Å². The maximum Gasteiger partial charge on any atom is 0.0956 e. The van der Waals surface area contributed by atoms with Crippen LogP contribution in [0.2, 0.25) is 0 Å². The second-order valence-electron chi connectivity index (χ2n) is 2.61. The topological polar surface area (TPSA) is 23.8 Å². The van der Waals surface area contributed by atoms with Gasteiger partial charge in [-0.3, -0.25) is 0 Å². The SMILES string of the molecule is N#CC1=Cc2ccccc2SC1. The Morgan fingerprint density at radius 2 is 2.17 bits per heavy atom. The first-order valence-corrected chi connectivity index (χ1v) is 4.71. The maximum absolute atomic E-state index is 8.68. The van der Waals surface area contributed by atoms with Crippen molar-refractivity contribution < 1.29 is 0 Å². The monoisotopic (exact) mass is 173 g/mol. The minimum atomic E-state index is 0.813. The summed E-state index contributed by atoms with van der Waals surface area (Å²) in [4.78, 5) is 1.27. The molecule has 1 heterocycles. The van der Waals surface area contributed by atoms with Crippen LogP contribution in [0.25, 0.3) is 6.08 Å². The molecule has 0 aromatic heterocycles. The quantitative estimate of drug-likeness (QED) is 0.602. The Morgan fingerprint density at radius 3 is 3.00 bits per heavy atom. The highest BCUT2D eigenvalue weighted by Gasteiger charge is 2.08. The zero-order valence-corrected chi connectivity index (χ0v) is 7.27. The molecule has 1 aliphatic heterocycles. The number of rotatable bonds is 0. The highest BCUT2D eigenvalue weighted by atomic mass is 32.2. The molecule has 0 fully saturated rings. The van der Waals surface area contributed by atoms with Gasteiger partial charge in [-0.1, -0.05) is 18.2 Å². The van der Waals surface area contributed by atoms with Crippen molar-refractivity contribution in [1.29, 1.82) is 5.26 Å². The molecule has 0 saturated heterocycles. The average Bonchev–Trinajstić information content (AvgIpc) is 2.17. The van der Waals surface area contributed by atoms with Gasteiger partial charge in [-0.2, -0.15) is 5.26 Å². The van der Waals surface area contributed by atoms with Gasteiger partial charge in [0.15, 0.2) is 0 Å². The van der Waals surface area contributed by atoms with Crippen molar-refractivity contribution in [2.75, 3.05) is 5.75 Å². The van der Waals surface area contributed by atoms with Gasteiger partial charge in [-0.25, -0.2) is 0 Å². The summed E-state index contributed by atoms with van der Waals surface area (Å²) in [6.45, 7) is 0. The third kappa shape index (κ3) is 1.24. The highest BCUT2D eigenvalue weighted by molar-refractivity contribution is 7.99. The lowest BCUT2D eigenvalue weighted by Gasteiger charge is -2.10. The Bertz CT molecular complexity index is 374. The maximum atomic E-state index is 8.68. The van der Waals surface area contributed by atoms with Crippen molar-refractivity contribution in [2.24, 2.45) is 0 Å². The molecule has 12 heavy (non-hydrogen) atoms. The summed E-state index contributed by atoms with van der Waals surface area (Å²) in [6, 6.07) is 10.3. The van der Waals surface area contributed by atoms with Crippen molar-refractivity contribution in [1.82, 2.24) is 0 Å². The van der Waals surface area contributed by atoms with Crippen LogP contribution in [0.15, 0.2) is 34.7 Å². The van der Waals surface area contributed by atoms with Gasteiger partial charge in [-0.15, -0.1) is 11.8 Å². The molecule has 2 rings (SSSR count). The fourth-order valence-corrected chi connectivity index (χ4v) is 2.11. The predicted octanol–water partition coefficient (Wildman–Crippen LogP) is 2.70. The Hall–Kier alpha value is -1.20. The lowest BCUT2D eigenvalue weighted by atomic mass is 10.1. The Kier molecular flexibility index (Phi) is 1.89. The summed E-state index contributed by atoms with van der Waals surface area (Å²) in [6.07, 6.45) is 1.96. The molecule has 2 heteroatoms. The second-order valence-corrected chi connectivity index (χ2v) is 3.63. The predicted molar refractivity (Wildman–Crippen MR) is 50.8 cm³/mol. The molecule has 0 saturated carbocycles. The van der Waals surface area contributed by atoms with E-state index >= 15 is 0 Å². The summed E-state index contributed by atoms with van der Waals surface area (Å²) in [5.74, 6) is 0.813. The van der Waals surface area contributed by atoms with Crippen LogP contribution in [-0.2, 0) is 0 Å². The molecule has 0 N–H and O–H groups in total. The second kappa shape index (κ2) is 3.04. The van der Waals surface area contributed by atoms with Crippen LogP contribution in [0.5, 0.6) is 0 Å². The first kappa shape index (κ1) is 7.45. The summed E-state index contributed by atoms with van der Waals surface area (Å²) < 4.78 is 0. The molecule has 0 unspecified atom stereocenters. The summed E-state index contributed by atoms with van der Waals surface area (Å²) in [7, 11) is 0. The molecule has 0 bridgehead atoms. The van der Waals surface area contributed by atoms with Gasteiger partial charge in [0.25, 0.3) is 0 Å². The smallest absolute Gasteiger partial charge is 0.0956 e. The van der Waals surface area contributed by atoms with Gasteiger partial charge < -0.3 is 0 Å². The summed E-state index contributed by atoms with van der Waals surface area (Å²) in [5, 5.41) is 8.68. The van der Waals surface area contributed by atoms with Crippen LogP contribution in [0, 0.1) is 11.3 Å². The van der Waals surface area contributed by atoms with Crippen LogP contribution in [0.3, 0.4) is 0 Å². The molecule has 0 aliphatic carbocycles. The zero-order valence-electron chi connectivity index (χ0n) is 6.45. The molecule has 1 aromatic carbocycles. The highest BCUT2D eigenvalue weighted by Crippen LogP contribution is 2.30. The standard InChI is InChI=1S/C10H7NS/c11-6-8-5-9-3-1-2-4-10(9)12-7-8/h1-5H,7H2. The van der Waals surface area contributed by atoms with E-state index in [2.05, 4.69) is 12.1 Å². The molecule has 0 atom stereocenters. The lowest BCUT2D eigenvalue weighted by molar-refractivity contribution is 1.37. The van der Waals surface area contributed by atoms with Crippen LogP contribution in [0.4, 0.5) is 0 Å². The number of thioether (sulfide) groups is 1. The Balaban J connectivity index is 2.49. The van der Waals surface area contributed by atoms with Crippen molar-refractivity contribution >= 4 is 17.8 Å². The van der Waals surface area contributed by atoms with E-state index in [-0.39, 0.29) is 0 Å². The van der Waals surface area contributed by atoms with Crippen molar-refractivity contribution in [3.05, 3.63) is 35.4 Å². The third-order valence-electron chi connectivity index (χ3n) is 1.78. The average molecular weight is 173 g/mol. The molecule has 1 aromatic rings. The van der Waals surface area contributed by atoms with E-state index in [1.54, 1.807) is 11.8 Å². The van der Waals surface area contributed by atoms with E-state index in [1.165, 1.54) is 10.5 Å². The van der Waals surface area contributed by atoms with Crippen LogP contribution in [0.1, 0.15) is 5.56 Å². The first-order chi connectivity index (χ1) is 5.90. The fourth-order valence-electron chi connectivity index (χ4n) is 1.18. The van der Waals surface area contributed by atoms with Gasteiger partial charge in [0.05, 0.1) is 6.07 Å². The summed E-state index contributed by atoms with van der Waals surface area (Å²) in [5.41, 5.74) is 2.03. The van der Waals surface area contributed by atoms with Crippen molar-refractivity contribution in [3.8, 4) is 6.07 Å². The largest absolute Gasteiger partial charge is 0.193 e. The minimum Gasteiger partial charge on any atom is -0.193 e. The lowest BCUT2D eigenvalue weighted by Crippen LogP contribution is -1.92. The molecule has 1 nitrogen and oxygen atoms in total. The van der Waals surface area contributed by atoms with Gasteiger partial charge in [0.1, 0.15) is 0 Å². The number of hydrogen-bond donors (Lipinski definition) is 0. The first-order valence-electron chi connectivity index (χ1n) is 3.72. The van der Waals surface area contributed by atoms with Gasteiger partial charge >= 0.3 is 0 Å². The molecule has 1 aliphatic rings. The Labute approximate surface area is 75.7 Å². The number of benzene rings is 1. The van der Waals surface area contributed by atoms with E-state index < -0.39 is 0 Å². The van der Waals surface area contributed by atoms with Crippen LogP contribution in [-0.4, -0.2) is 5.75 Å². The minimum absolute atomic E-state index is 0.813. The molecule has 58 valence electrons. The Morgan fingerprint density at radius 1 is 1.33 bits per heavy atom. The molecule has 0 radical (unpaired) electrons. The van der Waals surface area contributed by atoms with E-state index in [9.17, 15) is 0 Å². The van der Waals surface area contributed by atoms with Gasteiger partial charge in [-0.05, 0) is 17.7 Å². The number of hydrogen-bond acceptors (Lipinski definition) is 2. The van der Waals surface area contributed by atoms with E-state index in [0.29, 0.717) is 0 Å². The molecular formula is C10H7NS. The van der Waals surface area contributed by atoms with Gasteiger partial charge in [0.2, 0.25) is 0 Å². The normalized spacial score (nSPS) is 14.4. The van der Waals surface area contributed by atoms with Crippen molar-refractivity contribution in [2.45, 2.75) is 4.90 Å². The number of nitriles is 1. The molecule has 0 spiro atoms. The van der Waals surface area contributed by atoms with E-state index in [1.807, 2.05) is 24.3 Å². The third-order valence-corrected chi connectivity index (χ3v) is 2.91. The van der Waals surface area contributed by atoms with E-state index in [0.717, 1.165) is 11.3 Å². The molecule has 0 amide bonds. The van der Waals surface area contributed by atoms with Crippen LogP contribution < -0.4 is 0 Å². The zero-order chi connectivity index (χ0) is 8.39. The number of nitrogens with zero attached hydrogens (tertiary/aromatic N) is 1. The summed E-state index contributed by atoms with van der Waals surface area (Å²) >= 11 is 1.73. The fraction of sp³-hybridized carbons (Fsp3) is 0.100. The number of fused-ring (bicyclic) bond motifs is 1. The van der Waals surface area contributed by atoms with E-state index in [4.69, 9.17) is 5.26 Å². The van der Waals surface area contributed by atoms with Crippen molar-refractivity contribution in [3.63, 3.8) is 0 Å².